The van der Waals surface area contributed by atoms with Crippen LogP contribution in [0.1, 0.15) is 10.9 Å². The number of hydrogen-bond donors (Lipinski definition) is 1. The Hall–Kier alpha value is -0.520. The number of thiophene rings is 1. The molecule has 2 atom stereocenters. The van der Waals surface area contributed by atoms with Crippen LogP contribution >= 0.6 is 23.1 Å². The molecule has 0 aromatic carbocycles. The fraction of sp³-hybridized carbons (Fsp3) is 0.375. The van der Waals surface area contributed by atoms with Crippen LogP contribution in [-0.4, -0.2) is 17.8 Å². The highest BCUT2D eigenvalue weighted by molar-refractivity contribution is 7.99. The molecule has 1 saturated heterocycles. The maximum absolute atomic E-state index is 10.6. The summed E-state index contributed by atoms with van der Waals surface area (Å²) in [7, 11) is 0. The van der Waals surface area contributed by atoms with E-state index in [2.05, 4.69) is 5.38 Å². The molecule has 2 unspecified atom stereocenters. The summed E-state index contributed by atoms with van der Waals surface area (Å²) in [5.41, 5.74) is 1.21. The van der Waals surface area contributed by atoms with Crippen LogP contribution in [0.2, 0.25) is 0 Å². The SMILES string of the molecule is O=C([O-])C1CSC(c2ccsc2)[NH2+]1. The van der Waals surface area contributed by atoms with E-state index < -0.39 is 5.97 Å². The molecule has 0 spiro atoms. The van der Waals surface area contributed by atoms with E-state index in [0.717, 1.165) is 0 Å². The number of carboxylic acid groups (broad SMARTS) is 1. The Bertz CT molecular complexity index is 299. The Kier molecular flexibility index (Phi) is 2.57. The maximum Gasteiger partial charge on any atom is 0.160 e. The first kappa shape index (κ1) is 9.05. The molecule has 70 valence electrons. The molecule has 13 heavy (non-hydrogen) atoms. The van der Waals surface area contributed by atoms with Crippen molar-refractivity contribution in [2.24, 2.45) is 0 Å². The molecular weight excluding hydrogens is 206 g/mol. The Morgan fingerprint density at radius 3 is 3.08 bits per heavy atom. The van der Waals surface area contributed by atoms with Gasteiger partial charge in [-0.3, -0.25) is 0 Å². The van der Waals surface area contributed by atoms with Gasteiger partial charge in [-0.25, -0.2) is 0 Å². The lowest BCUT2D eigenvalue weighted by atomic mass is 10.3. The van der Waals surface area contributed by atoms with Gasteiger partial charge in [-0.05, 0) is 11.4 Å². The summed E-state index contributed by atoms with van der Waals surface area (Å²) in [6.45, 7) is 0. The summed E-state index contributed by atoms with van der Waals surface area (Å²) in [6, 6.07) is 1.66. The van der Waals surface area contributed by atoms with Crippen LogP contribution in [0.4, 0.5) is 0 Å². The normalized spacial score (nSPS) is 27.7. The lowest BCUT2D eigenvalue weighted by molar-refractivity contribution is -0.690. The van der Waals surface area contributed by atoms with Gasteiger partial charge in [0.15, 0.2) is 5.37 Å². The number of nitrogens with two attached hydrogens (primary N) is 1. The molecule has 2 rings (SSSR count). The minimum Gasteiger partial charge on any atom is -0.544 e. The number of quaternary nitrogens is 1. The van der Waals surface area contributed by atoms with E-state index in [1.54, 1.807) is 23.1 Å². The van der Waals surface area contributed by atoms with Crippen molar-refractivity contribution in [3.8, 4) is 0 Å². The van der Waals surface area contributed by atoms with Crippen molar-refractivity contribution in [3.05, 3.63) is 22.4 Å². The third-order valence-corrected chi connectivity index (χ3v) is 4.08. The number of rotatable bonds is 2. The molecular formula is C8H9NO2S2. The van der Waals surface area contributed by atoms with Gasteiger partial charge in [0, 0.05) is 10.9 Å². The zero-order valence-corrected chi connectivity index (χ0v) is 8.44. The van der Waals surface area contributed by atoms with Gasteiger partial charge in [0.2, 0.25) is 0 Å². The van der Waals surface area contributed by atoms with Crippen LogP contribution in [0.3, 0.4) is 0 Å². The Balaban J connectivity index is 2.03. The van der Waals surface area contributed by atoms with E-state index >= 15 is 0 Å². The second-order valence-electron chi connectivity index (χ2n) is 2.93. The Morgan fingerprint density at radius 2 is 2.54 bits per heavy atom. The van der Waals surface area contributed by atoms with Gasteiger partial charge in [0.1, 0.15) is 12.0 Å². The minimum atomic E-state index is -0.953. The predicted octanol–water partition coefficient (Wildman–Crippen LogP) is -0.825. The number of hydrogen-bond acceptors (Lipinski definition) is 4. The fourth-order valence-electron chi connectivity index (χ4n) is 1.32. The molecule has 1 aliphatic heterocycles. The first-order valence-corrected chi connectivity index (χ1v) is 5.96. The standard InChI is InChI=1S/C8H9NO2S2/c10-8(11)6-4-13-7(9-6)5-1-2-12-3-5/h1-3,6-7,9H,4H2,(H,10,11). The summed E-state index contributed by atoms with van der Waals surface area (Å²) < 4.78 is 0. The van der Waals surface area contributed by atoms with Crippen molar-refractivity contribution in [2.75, 3.05) is 5.75 Å². The number of carboxylic acids is 1. The van der Waals surface area contributed by atoms with Gasteiger partial charge in [-0.2, -0.15) is 11.3 Å². The smallest absolute Gasteiger partial charge is 0.160 e. The molecule has 1 aliphatic rings. The number of aliphatic carboxylic acids is 1. The van der Waals surface area contributed by atoms with Gasteiger partial charge in [-0.1, -0.05) is 11.8 Å². The molecule has 1 aromatic heterocycles. The summed E-state index contributed by atoms with van der Waals surface area (Å²) >= 11 is 3.31. The van der Waals surface area contributed by atoms with Crippen molar-refractivity contribution >= 4 is 29.1 Å². The molecule has 0 amide bonds. The fourth-order valence-corrected chi connectivity index (χ4v) is 3.40. The van der Waals surface area contributed by atoms with Crippen LogP contribution in [0.25, 0.3) is 0 Å². The van der Waals surface area contributed by atoms with Crippen molar-refractivity contribution in [2.45, 2.75) is 11.4 Å². The average molecular weight is 215 g/mol. The lowest BCUT2D eigenvalue weighted by Crippen LogP contribution is -2.90. The number of carbonyl (C=O) groups excluding carboxylic acids is 1. The molecule has 2 N–H and O–H groups in total. The van der Waals surface area contributed by atoms with Gasteiger partial charge in [-0.15, -0.1) is 0 Å². The summed E-state index contributed by atoms with van der Waals surface area (Å²) in [5.74, 6) is -0.312. The average Bonchev–Trinajstić information content (AvgIpc) is 2.75. The second kappa shape index (κ2) is 3.69. The Labute approximate surface area is 84.2 Å². The molecule has 5 heteroatoms. The Morgan fingerprint density at radius 1 is 1.69 bits per heavy atom. The van der Waals surface area contributed by atoms with Crippen molar-refractivity contribution in [1.29, 1.82) is 0 Å². The lowest BCUT2D eigenvalue weighted by Gasteiger charge is -2.09. The van der Waals surface area contributed by atoms with E-state index in [1.165, 1.54) is 5.56 Å². The van der Waals surface area contributed by atoms with E-state index in [-0.39, 0.29) is 11.4 Å². The molecule has 1 aromatic rings. The van der Waals surface area contributed by atoms with Gasteiger partial charge < -0.3 is 15.2 Å². The zero-order chi connectivity index (χ0) is 9.26. The number of thioether (sulfide) groups is 1. The highest BCUT2D eigenvalue weighted by Gasteiger charge is 2.30. The van der Waals surface area contributed by atoms with Crippen LogP contribution in [-0.2, 0) is 4.79 Å². The van der Waals surface area contributed by atoms with Crippen LogP contribution < -0.4 is 10.4 Å². The van der Waals surface area contributed by atoms with Crippen LogP contribution in [0.5, 0.6) is 0 Å². The molecule has 0 radical (unpaired) electrons. The highest BCUT2D eigenvalue weighted by atomic mass is 32.2. The third-order valence-electron chi connectivity index (χ3n) is 2.04. The summed E-state index contributed by atoms with van der Waals surface area (Å²) in [6.07, 6.45) is 0. The predicted molar refractivity (Wildman–Crippen MR) is 50.2 cm³/mol. The zero-order valence-electron chi connectivity index (χ0n) is 6.80. The molecule has 0 aliphatic carbocycles. The van der Waals surface area contributed by atoms with Crippen LogP contribution in [0, 0.1) is 0 Å². The largest absolute Gasteiger partial charge is 0.544 e. The van der Waals surface area contributed by atoms with E-state index in [9.17, 15) is 9.90 Å². The van der Waals surface area contributed by atoms with E-state index in [1.807, 2.05) is 16.8 Å². The molecule has 2 heterocycles. The monoisotopic (exact) mass is 215 g/mol. The maximum atomic E-state index is 10.6. The van der Waals surface area contributed by atoms with Gasteiger partial charge in [0.05, 0.1) is 5.75 Å². The number of carbonyl (C=O) groups is 1. The summed E-state index contributed by atoms with van der Waals surface area (Å²) in [5, 5.41) is 16.7. The summed E-state index contributed by atoms with van der Waals surface area (Å²) in [4.78, 5) is 10.6. The third kappa shape index (κ3) is 1.87. The van der Waals surface area contributed by atoms with Crippen molar-refractivity contribution < 1.29 is 15.2 Å². The molecule has 0 bridgehead atoms. The molecule has 1 fully saturated rings. The van der Waals surface area contributed by atoms with Crippen molar-refractivity contribution in [3.63, 3.8) is 0 Å². The highest BCUT2D eigenvalue weighted by Crippen LogP contribution is 2.27. The minimum absolute atomic E-state index is 0.245. The van der Waals surface area contributed by atoms with Crippen molar-refractivity contribution in [1.82, 2.24) is 0 Å². The topological polar surface area (TPSA) is 56.7 Å². The van der Waals surface area contributed by atoms with Gasteiger partial charge >= 0.3 is 0 Å². The second-order valence-corrected chi connectivity index (χ2v) is 4.88. The van der Waals surface area contributed by atoms with E-state index in [4.69, 9.17) is 0 Å². The molecule has 0 saturated carbocycles. The molecule has 3 nitrogen and oxygen atoms in total. The van der Waals surface area contributed by atoms with Crippen LogP contribution in [0.15, 0.2) is 16.8 Å². The first-order chi connectivity index (χ1) is 6.27. The first-order valence-electron chi connectivity index (χ1n) is 3.97. The van der Waals surface area contributed by atoms with E-state index in [0.29, 0.717) is 5.75 Å². The van der Waals surface area contributed by atoms with Gasteiger partial charge in [0.25, 0.3) is 0 Å². The quantitative estimate of drug-likeness (QED) is 0.701.